The summed E-state index contributed by atoms with van der Waals surface area (Å²) in [5, 5.41) is 8.73. The van der Waals surface area contributed by atoms with E-state index in [1.165, 1.54) is 54.4 Å². The summed E-state index contributed by atoms with van der Waals surface area (Å²) in [6, 6.07) is 47.6. The minimum atomic E-state index is 0.943. The molecular weight excluding hydrogens is 534 g/mol. The van der Waals surface area contributed by atoms with Crippen LogP contribution in [0.15, 0.2) is 152 Å². The molecular formula is C41H25N3. The maximum atomic E-state index is 4.68. The number of benzene rings is 6. The standard InChI is InChI=1S/C41H25N3/c1-3-20-42-37(9-1)29-23-28(24-30(25-29)38-10-2-4-21-43-38)31-16-12-26-15-19-36-33(17-13-27-14-18-35(31)40(26)41(27)36)32-7-5-11-39-34(32)8-6-22-44-39/h1-25H. The summed E-state index contributed by atoms with van der Waals surface area (Å²) in [6.07, 6.45) is 5.56. The fourth-order valence-electron chi connectivity index (χ4n) is 6.77. The molecule has 3 nitrogen and oxygen atoms in total. The van der Waals surface area contributed by atoms with Crippen molar-refractivity contribution in [3.63, 3.8) is 0 Å². The second kappa shape index (κ2) is 9.82. The lowest BCUT2D eigenvalue weighted by Gasteiger charge is -2.18. The molecule has 0 aliphatic carbocycles. The molecule has 0 aliphatic rings. The number of pyridine rings is 3. The Balaban J connectivity index is 1.32. The van der Waals surface area contributed by atoms with Gasteiger partial charge in [0.15, 0.2) is 0 Å². The summed E-state index contributed by atoms with van der Waals surface area (Å²) >= 11 is 0. The smallest absolute Gasteiger partial charge is 0.0708 e. The number of rotatable bonds is 4. The molecule has 0 atom stereocenters. The van der Waals surface area contributed by atoms with Crippen LogP contribution in [0.5, 0.6) is 0 Å². The highest BCUT2D eigenvalue weighted by Crippen LogP contribution is 2.44. The van der Waals surface area contributed by atoms with Gasteiger partial charge < -0.3 is 0 Å². The summed E-state index contributed by atoms with van der Waals surface area (Å²) in [6.45, 7) is 0. The predicted octanol–water partition coefficient (Wildman–Crippen LogP) is 10.6. The third-order valence-corrected chi connectivity index (χ3v) is 8.77. The summed E-state index contributed by atoms with van der Waals surface area (Å²) in [7, 11) is 0. The lowest BCUT2D eigenvalue weighted by Crippen LogP contribution is -1.92. The van der Waals surface area contributed by atoms with E-state index in [0.29, 0.717) is 0 Å². The van der Waals surface area contributed by atoms with Gasteiger partial charge in [0.2, 0.25) is 0 Å². The molecule has 9 rings (SSSR count). The van der Waals surface area contributed by atoms with Crippen molar-refractivity contribution in [2.45, 2.75) is 0 Å². The zero-order valence-corrected chi connectivity index (χ0v) is 23.8. The third-order valence-electron chi connectivity index (χ3n) is 8.77. The number of aromatic nitrogens is 3. The van der Waals surface area contributed by atoms with Gasteiger partial charge in [-0.25, -0.2) is 0 Å². The minimum Gasteiger partial charge on any atom is -0.256 e. The van der Waals surface area contributed by atoms with Gasteiger partial charge >= 0.3 is 0 Å². The van der Waals surface area contributed by atoms with Gasteiger partial charge in [0.05, 0.1) is 16.9 Å². The van der Waals surface area contributed by atoms with Crippen molar-refractivity contribution >= 4 is 43.2 Å². The number of nitrogens with zero attached hydrogens (tertiary/aromatic N) is 3. The Labute approximate surface area is 254 Å². The fourth-order valence-corrected chi connectivity index (χ4v) is 6.77. The topological polar surface area (TPSA) is 38.7 Å². The van der Waals surface area contributed by atoms with E-state index in [4.69, 9.17) is 0 Å². The molecule has 0 unspecified atom stereocenters. The molecule has 0 fully saturated rings. The predicted molar refractivity (Wildman–Crippen MR) is 183 cm³/mol. The molecule has 0 spiro atoms. The van der Waals surface area contributed by atoms with E-state index in [0.717, 1.165) is 33.6 Å². The van der Waals surface area contributed by atoms with Gasteiger partial charge in [-0.2, -0.15) is 0 Å². The lowest BCUT2D eigenvalue weighted by molar-refractivity contribution is 1.31. The van der Waals surface area contributed by atoms with Gasteiger partial charge in [0, 0.05) is 35.1 Å². The minimum absolute atomic E-state index is 0.943. The van der Waals surface area contributed by atoms with E-state index in [1.54, 1.807) is 0 Å². The highest BCUT2D eigenvalue weighted by molar-refractivity contribution is 6.28. The molecule has 3 heterocycles. The van der Waals surface area contributed by atoms with Crippen LogP contribution in [0.4, 0.5) is 0 Å². The van der Waals surface area contributed by atoms with E-state index < -0.39 is 0 Å². The summed E-state index contributed by atoms with van der Waals surface area (Å²) in [4.78, 5) is 14.0. The van der Waals surface area contributed by atoms with Crippen molar-refractivity contribution in [3.8, 4) is 44.8 Å². The number of hydrogen-bond acceptors (Lipinski definition) is 3. The molecule has 204 valence electrons. The van der Waals surface area contributed by atoms with Crippen LogP contribution in [0.3, 0.4) is 0 Å². The van der Waals surface area contributed by atoms with E-state index >= 15 is 0 Å². The Morgan fingerprint density at radius 3 is 1.57 bits per heavy atom. The van der Waals surface area contributed by atoms with Gasteiger partial charge in [-0.05, 0) is 109 Å². The normalized spacial score (nSPS) is 11.6. The second-order valence-corrected chi connectivity index (χ2v) is 11.3. The zero-order chi connectivity index (χ0) is 29.0. The SMILES string of the molecule is c1ccc(-c2cc(-c3ccccn3)cc(-c3ccc4ccc5c(-c6cccc7ncccc67)ccc6ccc3c4c65)c2)nc1. The molecule has 0 radical (unpaired) electrons. The first-order valence-electron chi connectivity index (χ1n) is 14.8. The van der Waals surface area contributed by atoms with Gasteiger partial charge in [-0.3, -0.25) is 15.0 Å². The average molecular weight is 560 g/mol. The van der Waals surface area contributed by atoms with Crippen molar-refractivity contribution in [1.29, 1.82) is 0 Å². The van der Waals surface area contributed by atoms with Gasteiger partial charge in [-0.1, -0.05) is 78.9 Å². The maximum absolute atomic E-state index is 4.68. The Bertz CT molecular complexity index is 2420. The Morgan fingerprint density at radius 1 is 0.341 bits per heavy atom. The van der Waals surface area contributed by atoms with Crippen LogP contribution in [0, 0.1) is 0 Å². The van der Waals surface area contributed by atoms with E-state index in [-0.39, 0.29) is 0 Å². The Hall–Kier alpha value is -5.93. The number of fused-ring (bicyclic) bond motifs is 1. The fraction of sp³-hybridized carbons (Fsp3) is 0. The molecule has 9 aromatic rings. The molecule has 44 heavy (non-hydrogen) atoms. The Kier molecular flexibility index (Phi) is 5.50. The highest BCUT2D eigenvalue weighted by atomic mass is 14.7. The highest BCUT2D eigenvalue weighted by Gasteiger charge is 2.17. The van der Waals surface area contributed by atoms with Crippen molar-refractivity contribution in [2.75, 3.05) is 0 Å². The quantitative estimate of drug-likeness (QED) is 0.201. The molecule has 0 saturated carbocycles. The van der Waals surface area contributed by atoms with Crippen molar-refractivity contribution in [3.05, 3.63) is 152 Å². The van der Waals surface area contributed by atoms with Gasteiger partial charge in [0.1, 0.15) is 0 Å². The van der Waals surface area contributed by atoms with Crippen molar-refractivity contribution in [1.82, 2.24) is 15.0 Å². The maximum Gasteiger partial charge on any atom is 0.0708 e. The second-order valence-electron chi connectivity index (χ2n) is 11.3. The summed E-state index contributed by atoms with van der Waals surface area (Å²) in [5.41, 5.74) is 9.81. The van der Waals surface area contributed by atoms with Crippen LogP contribution in [0.1, 0.15) is 0 Å². The van der Waals surface area contributed by atoms with E-state index in [9.17, 15) is 0 Å². The molecule has 0 amide bonds. The zero-order valence-electron chi connectivity index (χ0n) is 23.8. The van der Waals surface area contributed by atoms with E-state index in [2.05, 4.69) is 118 Å². The van der Waals surface area contributed by atoms with Crippen LogP contribution < -0.4 is 0 Å². The van der Waals surface area contributed by atoms with Crippen molar-refractivity contribution < 1.29 is 0 Å². The van der Waals surface area contributed by atoms with Crippen LogP contribution in [0.25, 0.3) is 88.0 Å². The van der Waals surface area contributed by atoms with E-state index in [1.807, 2.05) is 48.9 Å². The molecule has 0 saturated heterocycles. The average Bonchev–Trinajstić information content (AvgIpc) is 3.11. The first-order chi connectivity index (χ1) is 21.8. The largest absolute Gasteiger partial charge is 0.256 e. The molecule has 3 aromatic heterocycles. The summed E-state index contributed by atoms with van der Waals surface area (Å²) in [5.74, 6) is 0. The van der Waals surface area contributed by atoms with Crippen molar-refractivity contribution in [2.24, 2.45) is 0 Å². The molecule has 0 aliphatic heterocycles. The third kappa shape index (κ3) is 3.87. The molecule has 6 aromatic carbocycles. The van der Waals surface area contributed by atoms with Crippen LogP contribution >= 0.6 is 0 Å². The van der Waals surface area contributed by atoms with Gasteiger partial charge in [0.25, 0.3) is 0 Å². The van der Waals surface area contributed by atoms with Crippen LogP contribution in [0.2, 0.25) is 0 Å². The molecule has 0 bridgehead atoms. The monoisotopic (exact) mass is 559 g/mol. The molecule has 3 heteroatoms. The van der Waals surface area contributed by atoms with Crippen LogP contribution in [-0.2, 0) is 0 Å². The number of hydrogen-bond donors (Lipinski definition) is 0. The Morgan fingerprint density at radius 2 is 0.909 bits per heavy atom. The van der Waals surface area contributed by atoms with Gasteiger partial charge in [-0.15, -0.1) is 0 Å². The van der Waals surface area contributed by atoms with Crippen LogP contribution in [-0.4, -0.2) is 15.0 Å². The summed E-state index contributed by atoms with van der Waals surface area (Å²) < 4.78 is 0. The lowest BCUT2D eigenvalue weighted by atomic mass is 9.86. The molecule has 0 N–H and O–H groups in total. The first kappa shape index (κ1) is 24.6. The first-order valence-corrected chi connectivity index (χ1v) is 14.8.